The van der Waals surface area contributed by atoms with Crippen LogP contribution in [-0.4, -0.2) is 33.1 Å². The van der Waals surface area contributed by atoms with Gasteiger partial charge in [-0.1, -0.05) is 0 Å². The highest BCUT2D eigenvalue weighted by Gasteiger charge is 2.08. The van der Waals surface area contributed by atoms with Gasteiger partial charge < -0.3 is 15.7 Å². The largest absolute Gasteiger partial charge is 0.481 e. The van der Waals surface area contributed by atoms with Crippen LogP contribution in [0.25, 0.3) is 0 Å². The van der Waals surface area contributed by atoms with Crippen molar-refractivity contribution >= 4 is 17.6 Å². The van der Waals surface area contributed by atoms with Crippen LogP contribution in [-0.2, 0) is 4.79 Å². The SMILES string of the molecule is CC(C)Nc1cc(NC(C)CC(=O)O)ncn1. The maximum absolute atomic E-state index is 10.5. The van der Waals surface area contributed by atoms with E-state index in [0.717, 1.165) is 5.82 Å². The van der Waals surface area contributed by atoms with E-state index in [1.165, 1.54) is 6.33 Å². The van der Waals surface area contributed by atoms with Gasteiger partial charge >= 0.3 is 5.97 Å². The quantitative estimate of drug-likeness (QED) is 0.697. The van der Waals surface area contributed by atoms with Crippen molar-refractivity contribution in [2.75, 3.05) is 10.6 Å². The first-order chi connectivity index (χ1) is 7.97. The summed E-state index contributed by atoms with van der Waals surface area (Å²) in [4.78, 5) is 18.6. The first-order valence-electron chi connectivity index (χ1n) is 5.54. The Bertz CT molecular complexity index is 381. The zero-order chi connectivity index (χ0) is 12.8. The van der Waals surface area contributed by atoms with Gasteiger partial charge in [0.25, 0.3) is 0 Å². The molecule has 0 radical (unpaired) electrons. The van der Waals surface area contributed by atoms with Crippen LogP contribution >= 0.6 is 0 Å². The monoisotopic (exact) mass is 238 g/mol. The number of aromatic nitrogens is 2. The van der Waals surface area contributed by atoms with Crippen molar-refractivity contribution in [1.82, 2.24) is 9.97 Å². The van der Waals surface area contributed by atoms with E-state index in [9.17, 15) is 4.79 Å². The molecule has 0 aliphatic heterocycles. The maximum atomic E-state index is 10.5. The third-order valence-corrected chi connectivity index (χ3v) is 1.98. The number of hydrogen-bond donors (Lipinski definition) is 3. The summed E-state index contributed by atoms with van der Waals surface area (Å²) in [7, 11) is 0. The van der Waals surface area contributed by atoms with Gasteiger partial charge in [-0.05, 0) is 20.8 Å². The van der Waals surface area contributed by atoms with E-state index < -0.39 is 5.97 Å². The smallest absolute Gasteiger partial charge is 0.305 e. The molecule has 0 bridgehead atoms. The Morgan fingerprint density at radius 3 is 2.41 bits per heavy atom. The summed E-state index contributed by atoms with van der Waals surface area (Å²) in [6.45, 7) is 5.83. The molecular weight excluding hydrogens is 220 g/mol. The van der Waals surface area contributed by atoms with Crippen molar-refractivity contribution in [3.63, 3.8) is 0 Å². The Hall–Kier alpha value is -1.85. The molecule has 0 saturated heterocycles. The van der Waals surface area contributed by atoms with Crippen LogP contribution in [0, 0.1) is 0 Å². The van der Waals surface area contributed by atoms with Crippen molar-refractivity contribution < 1.29 is 9.90 Å². The first kappa shape index (κ1) is 13.2. The normalized spacial score (nSPS) is 12.2. The Kier molecular flexibility index (Phi) is 4.68. The van der Waals surface area contributed by atoms with E-state index in [2.05, 4.69) is 20.6 Å². The van der Waals surface area contributed by atoms with Crippen molar-refractivity contribution in [1.29, 1.82) is 0 Å². The number of nitrogens with one attached hydrogen (secondary N) is 2. The Morgan fingerprint density at radius 1 is 1.29 bits per heavy atom. The molecule has 1 aromatic rings. The zero-order valence-electron chi connectivity index (χ0n) is 10.3. The number of carbonyl (C=O) groups is 1. The average molecular weight is 238 g/mol. The molecule has 6 heteroatoms. The van der Waals surface area contributed by atoms with Crippen molar-refractivity contribution in [3.8, 4) is 0 Å². The molecule has 17 heavy (non-hydrogen) atoms. The molecule has 0 aliphatic carbocycles. The van der Waals surface area contributed by atoms with Crippen LogP contribution in [0.5, 0.6) is 0 Å². The minimum absolute atomic E-state index is 0.0525. The molecule has 1 rings (SSSR count). The second-order valence-corrected chi connectivity index (χ2v) is 4.23. The summed E-state index contributed by atoms with van der Waals surface area (Å²) < 4.78 is 0. The van der Waals surface area contributed by atoms with E-state index >= 15 is 0 Å². The summed E-state index contributed by atoms with van der Waals surface area (Å²) in [6.07, 6.45) is 1.50. The summed E-state index contributed by atoms with van der Waals surface area (Å²) in [5.74, 6) is 0.511. The van der Waals surface area contributed by atoms with Gasteiger partial charge in [0.2, 0.25) is 0 Å². The molecule has 1 heterocycles. The summed E-state index contributed by atoms with van der Waals surface area (Å²) in [6, 6.07) is 1.88. The molecule has 6 nitrogen and oxygen atoms in total. The van der Waals surface area contributed by atoms with Gasteiger partial charge in [-0.15, -0.1) is 0 Å². The summed E-state index contributed by atoms with van der Waals surface area (Å²) in [5.41, 5.74) is 0. The first-order valence-corrected chi connectivity index (χ1v) is 5.54. The van der Waals surface area contributed by atoms with Crippen LogP contribution in [0.4, 0.5) is 11.6 Å². The molecule has 0 aromatic carbocycles. The van der Waals surface area contributed by atoms with Crippen LogP contribution in [0.3, 0.4) is 0 Å². The molecule has 0 amide bonds. The molecule has 1 unspecified atom stereocenters. The fourth-order valence-corrected chi connectivity index (χ4v) is 1.38. The molecule has 0 spiro atoms. The lowest BCUT2D eigenvalue weighted by atomic mass is 10.2. The number of anilines is 2. The van der Waals surface area contributed by atoms with Gasteiger partial charge in [-0.25, -0.2) is 9.97 Å². The third kappa shape index (κ3) is 5.14. The van der Waals surface area contributed by atoms with Gasteiger partial charge in [0.1, 0.15) is 18.0 Å². The van der Waals surface area contributed by atoms with Crippen LogP contribution in [0.2, 0.25) is 0 Å². The molecule has 0 fully saturated rings. The third-order valence-electron chi connectivity index (χ3n) is 1.98. The lowest BCUT2D eigenvalue weighted by Gasteiger charge is -2.14. The van der Waals surface area contributed by atoms with Gasteiger partial charge in [0, 0.05) is 18.2 Å². The fraction of sp³-hybridized carbons (Fsp3) is 0.545. The second kappa shape index (κ2) is 6.03. The lowest BCUT2D eigenvalue weighted by Crippen LogP contribution is -2.20. The highest BCUT2D eigenvalue weighted by atomic mass is 16.4. The zero-order valence-corrected chi connectivity index (χ0v) is 10.3. The molecule has 0 aliphatic rings. The minimum Gasteiger partial charge on any atom is -0.481 e. The van der Waals surface area contributed by atoms with Gasteiger partial charge in [-0.2, -0.15) is 0 Å². The van der Waals surface area contributed by atoms with E-state index in [1.54, 1.807) is 13.0 Å². The van der Waals surface area contributed by atoms with Crippen molar-refractivity contribution in [3.05, 3.63) is 12.4 Å². The average Bonchev–Trinajstić information content (AvgIpc) is 2.14. The van der Waals surface area contributed by atoms with Crippen molar-refractivity contribution in [2.45, 2.75) is 39.3 Å². The molecule has 1 aromatic heterocycles. The maximum Gasteiger partial charge on any atom is 0.305 e. The molecule has 0 saturated carbocycles. The Morgan fingerprint density at radius 2 is 1.88 bits per heavy atom. The predicted molar refractivity (Wildman–Crippen MR) is 66.1 cm³/mol. The van der Waals surface area contributed by atoms with E-state index in [4.69, 9.17) is 5.11 Å². The van der Waals surface area contributed by atoms with Crippen molar-refractivity contribution in [2.24, 2.45) is 0 Å². The van der Waals surface area contributed by atoms with Crippen LogP contribution in [0.15, 0.2) is 12.4 Å². The summed E-state index contributed by atoms with van der Waals surface area (Å²) >= 11 is 0. The molecule has 3 N–H and O–H groups in total. The summed E-state index contributed by atoms with van der Waals surface area (Å²) in [5, 5.41) is 14.8. The molecule has 94 valence electrons. The number of carboxylic acid groups (broad SMARTS) is 1. The van der Waals surface area contributed by atoms with E-state index in [1.807, 2.05) is 13.8 Å². The number of nitrogens with zero attached hydrogens (tertiary/aromatic N) is 2. The number of aliphatic carboxylic acids is 1. The van der Waals surface area contributed by atoms with Gasteiger partial charge in [0.05, 0.1) is 6.42 Å². The second-order valence-electron chi connectivity index (χ2n) is 4.23. The number of rotatable bonds is 6. The number of hydrogen-bond acceptors (Lipinski definition) is 5. The number of carboxylic acids is 1. The fourth-order valence-electron chi connectivity index (χ4n) is 1.38. The molecular formula is C11H18N4O2. The van der Waals surface area contributed by atoms with Gasteiger partial charge in [0.15, 0.2) is 0 Å². The van der Waals surface area contributed by atoms with E-state index in [0.29, 0.717) is 5.82 Å². The minimum atomic E-state index is -0.834. The highest BCUT2D eigenvalue weighted by Crippen LogP contribution is 2.11. The Balaban J connectivity index is 2.62. The van der Waals surface area contributed by atoms with E-state index in [-0.39, 0.29) is 18.5 Å². The lowest BCUT2D eigenvalue weighted by molar-refractivity contribution is -0.137. The Labute approximate surface area is 100 Å². The van der Waals surface area contributed by atoms with Gasteiger partial charge in [-0.3, -0.25) is 4.79 Å². The predicted octanol–water partition coefficient (Wildman–Crippen LogP) is 1.57. The topological polar surface area (TPSA) is 87.1 Å². The standard InChI is InChI=1S/C11H18N4O2/c1-7(2)14-9-5-10(13-6-12-9)15-8(3)4-11(16)17/h5-8H,4H2,1-3H3,(H,16,17)(H2,12,13,14,15). The highest BCUT2D eigenvalue weighted by molar-refractivity contribution is 5.68. The van der Waals surface area contributed by atoms with Crippen LogP contribution < -0.4 is 10.6 Å². The van der Waals surface area contributed by atoms with Crippen LogP contribution in [0.1, 0.15) is 27.2 Å². The molecule has 1 atom stereocenters.